The molecule has 1 aliphatic carbocycles. The van der Waals surface area contributed by atoms with E-state index in [0.29, 0.717) is 25.8 Å². The Bertz CT molecular complexity index is 1040. The van der Waals surface area contributed by atoms with E-state index in [1.165, 1.54) is 4.90 Å². The zero-order valence-electron chi connectivity index (χ0n) is 19.8. The number of hydrogen-bond acceptors (Lipinski definition) is 4. The molecule has 0 bridgehead atoms. The standard InChI is InChI=1S/C27H32N2O5/c1-3-9-18(24(30)29-15-8-14-27(29,2)25(31)32)16-28-26(33)34-17-23-21-12-6-4-10-19(21)20-11-5-7-13-22(20)23/h4-7,10-13,18,23H,3,8-9,14-17H2,1-2H3,(H,28,33)(H,31,32)/t18?,27-/m1/s1. The van der Waals surface area contributed by atoms with Gasteiger partial charge in [-0.3, -0.25) is 4.79 Å². The van der Waals surface area contributed by atoms with Crippen LogP contribution in [-0.4, -0.2) is 53.2 Å². The lowest BCUT2D eigenvalue weighted by molar-refractivity contribution is -0.157. The first-order valence-electron chi connectivity index (χ1n) is 12.0. The lowest BCUT2D eigenvalue weighted by Gasteiger charge is -2.34. The van der Waals surface area contributed by atoms with Gasteiger partial charge in [-0.2, -0.15) is 0 Å². The van der Waals surface area contributed by atoms with Crippen molar-refractivity contribution in [3.8, 4) is 11.1 Å². The third-order valence-electron chi connectivity index (χ3n) is 7.19. The van der Waals surface area contributed by atoms with Crippen LogP contribution in [0.4, 0.5) is 4.79 Å². The Morgan fingerprint density at radius 2 is 1.74 bits per heavy atom. The van der Waals surface area contributed by atoms with Crippen molar-refractivity contribution in [2.75, 3.05) is 19.7 Å². The topological polar surface area (TPSA) is 95.9 Å². The molecule has 2 aliphatic rings. The number of aliphatic carboxylic acids is 1. The summed E-state index contributed by atoms with van der Waals surface area (Å²) in [5.41, 5.74) is 3.41. The number of carboxylic acids is 1. The average Bonchev–Trinajstić information content (AvgIpc) is 3.39. The minimum Gasteiger partial charge on any atom is -0.480 e. The van der Waals surface area contributed by atoms with Crippen LogP contribution in [0.15, 0.2) is 48.5 Å². The van der Waals surface area contributed by atoms with Gasteiger partial charge in [-0.15, -0.1) is 0 Å². The second kappa shape index (κ2) is 9.87. The van der Waals surface area contributed by atoms with Crippen molar-refractivity contribution in [3.05, 3.63) is 59.7 Å². The van der Waals surface area contributed by atoms with Gasteiger partial charge in [0.2, 0.25) is 5.91 Å². The molecule has 1 unspecified atom stereocenters. The summed E-state index contributed by atoms with van der Waals surface area (Å²) in [5, 5.41) is 12.4. The molecule has 0 aromatic heterocycles. The van der Waals surface area contributed by atoms with Gasteiger partial charge in [0.05, 0.1) is 5.92 Å². The van der Waals surface area contributed by atoms with E-state index >= 15 is 0 Å². The number of nitrogens with zero attached hydrogens (tertiary/aromatic N) is 1. The van der Waals surface area contributed by atoms with E-state index in [4.69, 9.17) is 4.74 Å². The summed E-state index contributed by atoms with van der Waals surface area (Å²) in [6.45, 7) is 4.31. The van der Waals surface area contributed by atoms with E-state index in [1.807, 2.05) is 31.2 Å². The van der Waals surface area contributed by atoms with Crippen LogP contribution in [0.25, 0.3) is 11.1 Å². The molecule has 7 heteroatoms. The normalized spacial score (nSPS) is 19.9. The fourth-order valence-corrected chi connectivity index (χ4v) is 5.28. The number of hydrogen-bond donors (Lipinski definition) is 2. The fourth-order valence-electron chi connectivity index (χ4n) is 5.28. The summed E-state index contributed by atoms with van der Waals surface area (Å²) in [6.07, 6.45) is 1.84. The summed E-state index contributed by atoms with van der Waals surface area (Å²) < 4.78 is 5.58. The van der Waals surface area contributed by atoms with Crippen molar-refractivity contribution >= 4 is 18.0 Å². The monoisotopic (exact) mass is 464 g/mol. The third-order valence-corrected chi connectivity index (χ3v) is 7.19. The van der Waals surface area contributed by atoms with Crippen molar-refractivity contribution < 1.29 is 24.2 Å². The Balaban J connectivity index is 1.37. The number of ether oxygens (including phenoxy) is 1. The van der Waals surface area contributed by atoms with Gasteiger partial charge in [0.1, 0.15) is 12.1 Å². The fraction of sp³-hybridized carbons (Fsp3) is 0.444. The smallest absolute Gasteiger partial charge is 0.407 e. The summed E-state index contributed by atoms with van der Waals surface area (Å²) >= 11 is 0. The van der Waals surface area contributed by atoms with Gasteiger partial charge >= 0.3 is 12.1 Å². The molecule has 1 aliphatic heterocycles. The van der Waals surface area contributed by atoms with Crippen LogP contribution in [0.5, 0.6) is 0 Å². The van der Waals surface area contributed by atoms with Crippen LogP contribution in [0, 0.1) is 5.92 Å². The molecule has 0 saturated carbocycles. The quantitative estimate of drug-likeness (QED) is 0.603. The van der Waals surface area contributed by atoms with E-state index in [9.17, 15) is 19.5 Å². The predicted octanol–water partition coefficient (Wildman–Crippen LogP) is 4.41. The molecule has 7 nitrogen and oxygen atoms in total. The van der Waals surface area contributed by atoms with Gasteiger partial charge in [0.15, 0.2) is 0 Å². The Morgan fingerprint density at radius 3 is 2.32 bits per heavy atom. The second-order valence-corrected chi connectivity index (χ2v) is 9.36. The molecule has 1 saturated heterocycles. The van der Waals surface area contributed by atoms with E-state index in [0.717, 1.165) is 28.7 Å². The zero-order chi connectivity index (χ0) is 24.3. The highest BCUT2D eigenvalue weighted by Gasteiger charge is 2.47. The summed E-state index contributed by atoms with van der Waals surface area (Å²) in [5.74, 6) is -1.73. The maximum absolute atomic E-state index is 13.2. The molecular formula is C27H32N2O5. The van der Waals surface area contributed by atoms with E-state index in [-0.39, 0.29) is 25.0 Å². The predicted molar refractivity (Wildman–Crippen MR) is 128 cm³/mol. The van der Waals surface area contributed by atoms with Gasteiger partial charge in [0.25, 0.3) is 0 Å². The van der Waals surface area contributed by atoms with Gasteiger partial charge in [-0.1, -0.05) is 61.9 Å². The lowest BCUT2D eigenvalue weighted by Crippen LogP contribution is -2.53. The zero-order valence-corrected chi connectivity index (χ0v) is 19.8. The molecule has 2 aromatic carbocycles. The molecular weight excluding hydrogens is 432 g/mol. The van der Waals surface area contributed by atoms with Crippen molar-refractivity contribution in [2.45, 2.75) is 51.0 Å². The largest absolute Gasteiger partial charge is 0.480 e. The van der Waals surface area contributed by atoms with Gasteiger partial charge in [0, 0.05) is 19.0 Å². The molecule has 0 radical (unpaired) electrons. The molecule has 180 valence electrons. The van der Waals surface area contributed by atoms with Crippen LogP contribution in [0.2, 0.25) is 0 Å². The number of likely N-dealkylation sites (tertiary alicyclic amines) is 1. The minimum absolute atomic E-state index is 0.0351. The Morgan fingerprint density at radius 1 is 1.12 bits per heavy atom. The number of nitrogens with one attached hydrogen (secondary N) is 1. The van der Waals surface area contributed by atoms with Crippen LogP contribution in [0.3, 0.4) is 0 Å². The third kappa shape index (κ3) is 4.39. The number of carboxylic acid groups (broad SMARTS) is 1. The van der Waals surface area contributed by atoms with Crippen LogP contribution < -0.4 is 5.32 Å². The van der Waals surface area contributed by atoms with Crippen LogP contribution in [0.1, 0.15) is 56.6 Å². The molecule has 2 atom stereocenters. The van der Waals surface area contributed by atoms with Gasteiger partial charge < -0.3 is 20.1 Å². The molecule has 4 rings (SSSR count). The Hall–Kier alpha value is -3.35. The highest BCUT2D eigenvalue weighted by Crippen LogP contribution is 2.44. The number of alkyl carbamates (subject to hydrolysis) is 1. The van der Waals surface area contributed by atoms with E-state index in [2.05, 4.69) is 29.6 Å². The highest BCUT2D eigenvalue weighted by atomic mass is 16.5. The maximum atomic E-state index is 13.2. The number of rotatable bonds is 8. The first-order valence-corrected chi connectivity index (χ1v) is 12.0. The average molecular weight is 465 g/mol. The molecule has 2 aromatic rings. The molecule has 34 heavy (non-hydrogen) atoms. The second-order valence-electron chi connectivity index (χ2n) is 9.36. The lowest BCUT2D eigenvalue weighted by atomic mass is 9.95. The molecule has 2 amide bonds. The van der Waals surface area contributed by atoms with Crippen molar-refractivity contribution in [1.82, 2.24) is 10.2 Å². The molecule has 1 fully saturated rings. The first-order chi connectivity index (χ1) is 16.4. The van der Waals surface area contributed by atoms with Crippen LogP contribution in [-0.2, 0) is 14.3 Å². The van der Waals surface area contributed by atoms with Crippen molar-refractivity contribution in [3.63, 3.8) is 0 Å². The van der Waals surface area contributed by atoms with E-state index < -0.39 is 23.5 Å². The van der Waals surface area contributed by atoms with Crippen LogP contribution >= 0.6 is 0 Å². The number of amides is 2. The summed E-state index contributed by atoms with van der Waals surface area (Å²) in [4.78, 5) is 39.0. The minimum atomic E-state index is -1.19. The van der Waals surface area contributed by atoms with Gasteiger partial charge in [-0.05, 0) is 48.4 Å². The summed E-state index contributed by atoms with van der Waals surface area (Å²) in [6, 6.07) is 16.3. The Labute approximate surface area is 200 Å². The maximum Gasteiger partial charge on any atom is 0.407 e. The molecule has 1 heterocycles. The number of carbonyl (C=O) groups is 3. The summed E-state index contributed by atoms with van der Waals surface area (Å²) in [7, 11) is 0. The van der Waals surface area contributed by atoms with Crippen molar-refractivity contribution in [1.29, 1.82) is 0 Å². The van der Waals surface area contributed by atoms with Crippen molar-refractivity contribution in [2.24, 2.45) is 5.92 Å². The molecule has 2 N–H and O–H groups in total. The van der Waals surface area contributed by atoms with E-state index in [1.54, 1.807) is 6.92 Å². The number of benzene rings is 2. The number of fused-ring (bicyclic) bond motifs is 3. The Kier molecular flexibility index (Phi) is 6.91. The SMILES string of the molecule is CCCC(CNC(=O)OCC1c2ccccc2-c2ccccc21)C(=O)N1CCC[C@]1(C)C(=O)O. The molecule has 0 spiro atoms. The number of carbonyl (C=O) groups excluding carboxylic acids is 2. The first kappa shape index (κ1) is 23.8. The highest BCUT2D eigenvalue weighted by molar-refractivity contribution is 5.89. The van der Waals surface area contributed by atoms with Gasteiger partial charge in [-0.25, -0.2) is 9.59 Å².